The van der Waals surface area contributed by atoms with E-state index in [1.54, 1.807) is 13.8 Å². The number of nitrogens with one attached hydrogen (secondary N) is 1. The molecule has 0 unspecified atom stereocenters. The van der Waals surface area contributed by atoms with E-state index in [0.29, 0.717) is 26.1 Å². The number of sulfone groups is 1. The number of hydrogen-bond donors (Lipinski definition) is 1. The molecule has 0 aromatic rings. The molecule has 0 aromatic heterocycles. The van der Waals surface area contributed by atoms with Gasteiger partial charge in [0.05, 0.1) is 17.6 Å². The first-order valence-electron chi connectivity index (χ1n) is 8.56. The second-order valence-corrected chi connectivity index (χ2v) is 9.37. The standard InChI is InChI=1S/C16H31N3O4S.HI/c1-5-17-15(18-10-8-6-7-9-14(20)23-4)19-11-12-24(21,22)16(2,3)13-19;/h5-13H2,1-4H3,(H,17,18);1H. The molecular weight excluding hydrogens is 457 g/mol. The summed E-state index contributed by atoms with van der Waals surface area (Å²) < 4.78 is 28.1. The van der Waals surface area contributed by atoms with Gasteiger partial charge in [-0.25, -0.2) is 8.42 Å². The minimum atomic E-state index is -3.05. The summed E-state index contributed by atoms with van der Waals surface area (Å²) in [6.45, 7) is 7.86. The fraction of sp³-hybridized carbons (Fsp3) is 0.875. The molecule has 7 nitrogen and oxygen atoms in total. The molecule has 0 aliphatic carbocycles. The Kier molecular flexibility index (Phi) is 10.9. The van der Waals surface area contributed by atoms with E-state index >= 15 is 0 Å². The van der Waals surface area contributed by atoms with Crippen molar-refractivity contribution in [3.8, 4) is 0 Å². The molecule has 9 heteroatoms. The molecule has 0 amide bonds. The molecule has 1 fully saturated rings. The van der Waals surface area contributed by atoms with Crippen LogP contribution in [0.25, 0.3) is 0 Å². The molecular formula is C16H32IN3O4S. The molecule has 1 N–H and O–H groups in total. The molecule has 0 aromatic carbocycles. The second kappa shape index (κ2) is 11.2. The molecule has 0 bridgehead atoms. The minimum absolute atomic E-state index is 0. The largest absolute Gasteiger partial charge is 0.469 e. The zero-order chi connectivity index (χ0) is 18.2. The van der Waals surface area contributed by atoms with Crippen LogP contribution in [0.15, 0.2) is 4.99 Å². The number of rotatable bonds is 7. The Labute approximate surface area is 168 Å². The summed E-state index contributed by atoms with van der Waals surface area (Å²) in [5.74, 6) is 0.751. The van der Waals surface area contributed by atoms with Crippen molar-refractivity contribution < 1.29 is 17.9 Å². The van der Waals surface area contributed by atoms with Gasteiger partial charge >= 0.3 is 5.97 Å². The van der Waals surface area contributed by atoms with Crippen molar-refractivity contribution in [2.75, 3.05) is 39.0 Å². The Morgan fingerprint density at radius 1 is 1.28 bits per heavy atom. The van der Waals surface area contributed by atoms with Gasteiger partial charge in [-0.05, 0) is 33.6 Å². The van der Waals surface area contributed by atoms with Gasteiger partial charge in [-0.2, -0.15) is 0 Å². The van der Waals surface area contributed by atoms with Crippen molar-refractivity contribution in [1.29, 1.82) is 0 Å². The van der Waals surface area contributed by atoms with Crippen molar-refractivity contribution in [3.05, 3.63) is 0 Å². The zero-order valence-electron chi connectivity index (χ0n) is 15.7. The molecule has 1 rings (SSSR count). The van der Waals surface area contributed by atoms with Crippen LogP contribution in [-0.4, -0.2) is 69.0 Å². The van der Waals surface area contributed by atoms with Gasteiger partial charge in [0.2, 0.25) is 0 Å². The Morgan fingerprint density at radius 2 is 1.96 bits per heavy atom. The number of carbonyl (C=O) groups excluding carboxylic acids is 1. The van der Waals surface area contributed by atoms with Crippen molar-refractivity contribution in [2.24, 2.45) is 4.99 Å². The molecule has 1 aliphatic rings. The maximum Gasteiger partial charge on any atom is 0.305 e. The summed E-state index contributed by atoms with van der Waals surface area (Å²) in [4.78, 5) is 17.7. The molecule has 0 radical (unpaired) electrons. The molecule has 1 aliphatic heterocycles. The lowest BCUT2D eigenvalue weighted by molar-refractivity contribution is -0.140. The van der Waals surface area contributed by atoms with E-state index in [0.717, 1.165) is 31.8 Å². The Bertz CT molecular complexity index is 550. The fourth-order valence-corrected chi connectivity index (χ4v) is 3.96. The third kappa shape index (κ3) is 7.67. The van der Waals surface area contributed by atoms with E-state index in [9.17, 15) is 13.2 Å². The van der Waals surface area contributed by atoms with Gasteiger partial charge in [-0.1, -0.05) is 6.42 Å². The van der Waals surface area contributed by atoms with Crippen LogP contribution in [0.3, 0.4) is 0 Å². The predicted molar refractivity (Wildman–Crippen MR) is 111 cm³/mol. The van der Waals surface area contributed by atoms with E-state index in [-0.39, 0.29) is 35.7 Å². The fourth-order valence-electron chi connectivity index (χ4n) is 2.60. The Morgan fingerprint density at radius 3 is 2.52 bits per heavy atom. The highest BCUT2D eigenvalue weighted by molar-refractivity contribution is 14.0. The Balaban J connectivity index is 0.00000576. The number of carbonyl (C=O) groups is 1. The summed E-state index contributed by atoms with van der Waals surface area (Å²) in [6.07, 6.45) is 3.05. The number of guanidine groups is 1. The van der Waals surface area contributed by atoms with Gasteiger partial charge in [0, 0.05) is 32.6 Å². The summed E-state index contributed by atoms with van der Waals surface area (Å²) in [6, 6.07) is 0. The number of unbranched alkanes of at least 4 members (excludes halogenated alkanes) is 2. The van der Waals surface area contributed by atoms with Crippen molar-refractivity contribution in [3.63, 3.8) is 0 Å². The van der Waals surface area contributed by atoms with E-state index in [1.807, 2.05) is 11.8 Å². The van der Waals surface area contributed by atoms with Crippen LogP contribution >= 0.6 is 24.0 Å². The first-order chi connectivity index (χ1) is 11.2. The number of halogens is 1. The highest BCUT2D eigenvalue weighted by Crippen LogP contribution is 2.23. The smallest absolute Gasteiger partial charge is 0.305 e. The first-order valence-corrected chi connectivity index (χ1v) is 10.2. The van der Waals surface area contributed by atoms with E-state index < -0.39 is 14.6 Å². The van der Waals surface area contributed by atoms with Crippen LogP contribution in [0.1, 0.15) is 46.5 Å². The second-order valence-electron chi connectivity index (χ2n) is 6.62. The lowest BCUT2D eigenvalue weighted by Crippen LogP contribution is -2.57. The van der Waals surface area contributed by atoms with E-state index in [4.69, 9.17) is 0 Å². The number of nitrogens with zero attached hydrogens (tertiary/aromatic N) is 2. The highest BCUT2D eigenvalue weighted by atomic mass is 127. The maximum atomic E-state index is 12.1. The van der Waals surface area contributed by atoms with Gasteiger partial charge < -0.3 is 15.0 Å². The van der Waals surface area contributed by atoms with E-state index in [2.05, 4.69) is 15.0 Å². The monoisotopic (exact) mass is 489 g/mol. The van der Waals surface area contributed by atoms with Gasteiger partial charge in [-0.3, -0.25) is 9.79 Å². The number of aliphatic imine (C=N–C) groups is 1. The highest BCUT2D eigenvalue weighted by Gasteiger charge is 2.40. The average molecular weight is 489 g/mol. The SMILES string of the molecule is CCNC(=NCCCCCC(=O)OC)N1CCS(=O)(=O)C(C)(C)C1.I. The normalized spacial score (nSPS) is 19.0. The van der Waals surface area contributed by atoms with Gasteiger partial charge in [-0.15, -0.1) is 24.0 Å². The van der Waals surface area contributed by atoms with Gasteiger partial charge in [0.25, 0.3) is 0 Å². The van der Waals surface area contributed by atoms with Crippen LogP contribution in [0.2, 0.25) is 0 Å². The average Bonchev–Trinajstić information content (AvgIpc) is 2.52. The summed E-state index contributed by atoms with van der Waals surface area (Å²) in [7, 11) is -1.66. The molecule has 25 heavy (non-hydrogen) atoms. The molecule has 148 valence electrons. The van der Waals surface area contributed by atoms with Gasteiger partial charge in [0.1, 0.15) is 0 Å². The van der Waals surface area contributed by atoms with Crippen LogP contribution in [0.4, 0.5) is 0 Å². The maximum absolute atomic E-state index is 12.1. The molecule has 1 heterocycles. The first kappa shape index (κ1) is 24.4. The summed E-state index contributed by atoms with van der Waals surface area (Å²) in [5, 5.41) is 3.24. The molecule has 0 atom stereocenters. The van der Waals surface area contributed by atoms with Crippen molar-refractivity contribution in [2.45, 2.75) is 51.2 Å². The number of esters is 1. The number of ether oxygens (including phenoxy) is 1. The minimum Gasteiger partial charge on any atom is -0.469 e. The van der Waals surface area contributed by atoms with Gasteiger partial charge in [0.15, 0.2) is 15.8 Å². The van der Waals surface area contributed by atoms with Crippen LogP contribution in [0.5, 0.6) is 0 Å². The predicted octanol–water partition coefficient (Wildman–Crippen LogP) is 1.81. The third-order valence-corrected chi connectivity index (χ3v) is 6.74. The lowest BCUT2D eigenvalue weighted by Gasteiger charge is -2.39. The van der Waals surface area contributed by atoms with Crippen molar-refractivity contribution in [1.82, 2.24) is 10.2 Å². The zero-order valence-corrected chi connectivity index (χ0v) is 18.9. The molecule has 0 saturated carbocycles. The molecule has 0 spiro atoms. The summed E-state index contributed by atoms with van der Waals surface area (Å²) in [5.41, 5.74) is 0. The topological polar surface area (TPSA) is 88.1 Å². The van der Waals surface area contributed by atoms with E-state index in [1.165, 1.54) is 7.11 Å². The van der Waals surface area contributed by atoms with Crippen molar-refractivity contribution >= 4 is 45.7 Å². The number of hydrogen-bond acceptors (Lipinski definition) is 5. The van der Waals surface area contributed by atoms with Crippen LogP contribution in [0, 0.1) is 0 Å². The number of methoxy groups -OCH3 is 1. The Hall–Kier alpha value is -0.580. The van der Waals surface area contributed by atoms with Crippen LogP contribution < -0.4 is 5.32 Å². The third-order valence-electron chi connectivity index (χ3n) is 4.21. The molecule has 1 saturated heterocycles. The van der Waals surface area contributed by atoms with Crippen LogP contribution in [-0.2, 0) is 19.4 Å². The quantitative estimate of drug-likeness (QED) is 0.193. The lowest BCUT2D eigenvalue weighted by atomic mass is 10.2. The summed E-state index contributed by atoms with van der Waals surface area (Å²) >= 11 is 0.